The molecule has 0 atom stereocenters. The van der Waals surface area contributed by atoms with Crippen LogP contribution >= 0.6 is 0 Å². The van der Waals surface area contributed by atoms with Crippen LogP contribution in [0, 0.1) is 0 Å². The minimum absolute atomic E-state index is 0.136. The minimum Gasteiger partial charge on any atom is -0.458 e. The van der Waals surface area contributed by atoms with E-state index in [9.17, 15) is 9.60 Å². The maximum absolute atomic E-state index is 10.0. The number of fused-ring (bicyclic) bond motifs is 14. The Morgan fingerprint density at radius 3 is 1.52 bits per heavy atom. The summed E-state index contributed by atoms with van der Waals surface area (Å²) in [6.07, 6.45) is 0. The highest BCUT2D eigenvalue weighted by atomic mass is 16.5. The molecule has 0 unspecified atom stereocenters. The number of para-hydroxylation sites is 2. The molecule has 2 aliphatic heterocycles. The normalized spacial score (nSPS) is 19.1. The first-order chi connectivity index (χ1) is 29.0. The molecule has 7 aromatic carbocycles. The summed E-state index contributed by atoms with van der Waals surface area (Å²) in [6.45, 7) is -0.295. The minimum atomic E-state index is -2.44. The van der Waals surface area contributed by atoms with Gasteiger partial charge in [0.25, 0.3) is 6.71 Å². The molecule has 0 radical (unpaired) electrons. The van der Waals surface area contributed by atoms with Crippen molar-refractivity contribution in [3.63, 3.8) is 0 Å². The highest BCUT2D eigenvalue weighted by Crippen LogP contribution is 2.63. The zero-order valence-electron chi connectivity index (χ0n) is 38.7. The number of ether oxygens (including phenoxy) is 2. The molecule has 212 valence electrons. The molecule has 0 N–H and O–H groups in total. The zero-order valence-corrected chi connectivity index (χ0v) is 23.7. The molecule has 0 saturated heterocycles. The first kappa shape index (κ1) is 14.5. The summed E-state index contributed by atoms with van der Waals surface area (Å²) in [5.74, 6) is 1.88. The molecule has 11 rings (SSSR count). The lowest BCUT2D eigenvalue weighted by atomic mass is 9.35. The molecule has 0 fully saturated rings. The van der Waals surface area contributed by atoms with Crippen molar-refractivity contribution in [2.45, 2.75) is 5.41 Å². The molecule has 3 heteroatoms. The summed E-state index contributed by atoms with van der Waals surface area (Å²) in [5, 5.41) is 0. The van der Waals surface area contributed by atoms with Crippen molar-refractivity contribution in [1.29, 1.82) is 0 Å². The Kier molecular flexibility index (Phi) is 2.74. The third kappa shape index (κ3) is 2.94. The second-order valence-corrected chi connectivity index (χ2v) is 11.6. The van der Waals surface area contributed by atoms with Gasteiger partial charge in [0.1, 0.15) is 23.0 Å². The van der Waals surface area contributed by atoms with Gasteiger partial charge in [-0.3, -0.25) is 0 Å². The second-order valence-electron chi connectivity index (χ2n) is 11.6. The average molecular weight is 600 g/mol. The third-order valence-electron chi connectivity index (χ3n) is 9.46. The number of hydrogen-bond donors (Lipinski definition) is 0. The second kappa shape index (κ2) is 8.68. The van der Waals surface area contributed by atoms with Crippen LogP contribution in [0.1, 0.15) is 42.8 Å². The summed E-state index contributed by atoms with van der Waals surface area (Å²) in [4.78, 5) is 0. The first-order valence-corrected chi connectivity index (χ1v) is 14.7. The van der Waals surface area contributed by atoms with Gasteiger partial charge >= 0.3 is 0 Å². The van der Waals surface area contributed by atoms with Crippen molar-refractivity contribution < 1.29 is 30.0 Å². The van der Waals surface area contributed by atoms with E-state index in [1.165, 1.54) is 0 Å². The summed E-state index contributed by atoms with van der Waals surface area (Å²) >= 11 is 0. The predicted molar refractivity (Wildman–Crippen MR) is 186 cm³/mol. The van der Waals surface area contributed by atoms with Crippen LogP contribution in [-0.2, 0) is 5.41 Å². The molecule has 0 amide bonds. The van der Waals surface area contributed by atoms with Crippen LogP contribution in [0.25, 0.3) is 33.4 Å². The Bertz CT molecular complexity index is 3150. The van der Waals surface area contributed by atoms with E-state index < -0.39 is 96.1 Å². The van der Waals surface area contributed by atoms with Gasteiger partial charge in [0.2, 0.25) is 0 Å². The Balaban J connectivity index is 1.30. The fourth-order valence-electron chi connectivity index (χ4n) is 7.65. The van der Waals surface area contributed by atoms with Crippen molar-refractivity contribution in [2.75, 3.05) is 0 Å². The highest BCUT2D eigenvalue weighted by Gasteiger charge is 2.51. The molecule has 2 heterocycles. The van der Waals surface area contributed by atoms with Gasteiger partial charge < -0.3 is 9.47 Å². The van der Waals surface area contributed by atoms with Gasteiger partial charge in [0, 0.05) is 5.46 Å². The smallest absolute Gasteiger partial charge is 0.260 e. The zero-order chi connectivity index (χ0) is 43.0. The molecule has 0 saturated carbocycles. The Hall–Kier alpha value is -5.80. The Labute approximate surface area is 288 Å². The fraction of sp³-hybridized carbons (Fsp3) is 0.0233. The van der Waals surface area contributed by atoms with E-state index in [4.69, 9.17) is 20.4 Å². The van der Waals surface area contributed by atoms with Gasteiger partial charge in [-0.15, -0.1) is 0 Å². The Morgan fingerprint density at radius 1 is 0.478 bits per heavy atom. The van der Waals surface area contributed by atoms with Gasteiger partial charge in [-0.05, 0) is 96.9 Å². The monoisotopic (exact) mass is 599 g/mol. The van der Waals surface area contributed by atoms with E-state index in [0.717, 1.165) is 10.9 Å². The lowest BCUT2D eigenvalue weighted by Crippen LogP contribution is -2.57. The van der Waals surface area contributed by atoms with Crippen molar-refractivity contribution in [3.8, 4) is 56.4 Å². The summed E-state index contributed by atoms with van der Waals surface area (Å²) in [7, 11) is 0. The lowest BCUT2D eigenvalue weighted by molar-refractivity contribution is 0.465. The van der Waals surface area contributed by atoms with Gasteiger partial charge in [0.15, 0.2) is 0 Å². The molecule has 46 heavy (non-hydrogen) atoms. The van der Waals surface area contributed by atoms with Gasteiger partial charge in [-0.1, -0.05) is 121 Å². The maximum Gasteiger partial charge on any atom is 0.260 e. The van der Waals surface area contributed by atoms with Crippen LogP contribution in [-0.4, -0.2) is 6.71 Å². The van der Waals surface area contributed by atoms with E-state index >= 15 is 0 Å². The van der Waals surface area contributed by atoms with Gasteiger partial charge in [-0.2, -0.15) is 0 Å². The van der Waals surface area contributed by atoms with Crippen LogP contribution in [0.3, 0.4) is 0 Å². The molecule has 2 aliphatic carbocycles. The molecule has 0 bridgehead atoms. The van der Waals surface area contributed by atoms with Gasteiger partial charge in [0.05, 0.1) is 26.0 Å². The largest absolute Gasteiger partial charge is 0.458 e. The fourth-order valence-corrected chi connectivity index (χ4v) is 7.65. The van der Waals surface area contributed by atoms with E-state index in [2.05, 4.69) is 0 Å². The van der Waals surface area contributed by atoms with E-state index in [1.807, 2.05) is 48.5 Å². The number of benzene rings is 7. The molecule has 2 nitrogen and oxygen atoms in total. The quantitative estimate of drug-likeness (QED) is 0.176. The van der Waals surface area contributed by atoms with E-state index in [0.29, 0.717) is 28.5 Å². The molecule has 0 aromatic heterocycles. The van der Waals surface area contributed by atoms with E-state index in [1.54, 1.807) is 12.1 Å². The van der Waals surface area contributed by atoms with Crippen LogP contribution in [0.2, 0.25) is 0 Å². The average Bonchev–Trinajstić information content (AvgIpc) is 3.74. The molecule has 1 spiro atoms. The molecule has 4 aliphatic rings. The van der Waals surface area contributed by atoms with E-state index in [-0.39, 0.29) is 62.3 Å². The van der Waals surface area contributed by atoms with Crippen LogP contribution < -0.4 is 25.9 Å². The van der Waals surface area contributed by atoms with Gasteiger partial charge in [-0.25, -0.2) is 0 Å². The third-order valence-corrected chi connectivity index (χ3v) is 9.46. The lowest BCUT2D eigenvalue weighted by Gasteiger charge is -2.33. The standard InChI is InChI=1S/C43H25BO2/c1-4-14-32-28(11-1)29-12-2-5-15-33(29)43(32)34-16-6-3-13-30(34)31-23-26(21-22-35(31)43)27-24-40-42-41(25-27)46-39-20-10-8-18-37(39)44(42)36-17-7-9-19-38(36)45-40/h1-25H/i1D,2D,3D,4D,5D,6D,11D,12D,13D,14D,15D,16D,21D,22D,23D. The summed E-state index contributed by atoms with van der Waals surface area (Å²) < 4.78 is 151. The SMILES string of the molecule is [2H]c1c([2H])c([2H])c2c(c1[2H])-c1c([2H])c([2H])c([2H])c([2H])c1C21c2c([2H])c([2H])c([2H])c([2H])c2-c2c([2H])c(-c3cc4c5c(c3)Oc3ccccc3B5c3ccccc3O4)c([2H])c([2H])c21. The topological polar surface area (TPSA) is 18.5 Å². The van der Waals surface area contributed by atoms with Crippen LogP contribution in [0.5, 0.6) is 23.0 Å². The number of rotatable bonds is 1. The van der Waals surface area contributed by atoms with Crippen molar-refractivity contribution in [3.05, 3.63) is 174 Å². The van der Waals surface area contributed by atoms with Crippen LogP contribution in [0.15, 0.2) is 151 Å². The van der Waals surface area contributed by atoms with Crippen LogP contribution in [0.4, 0.5) is 0 Å². The Morgan fingerprint density at radius 2 is 0.957 bits per heavy atom. The number of hydrogen-bond acceptors (Lipinski definition) is 2. The van der Waals surface area contributed by atoms with Crippen molar-refractivity contribution >= 4 is 23.1 Å². The predicted octanol–water partition coefficient (Wildman–Crippen LogP) is 8.42. The van der Waals surface area contributed by atoms with Crippen molar-refractivity contribution in [2.24, 2.45) is 0 Å². The summed E-state index contributed by atoms with van der Waals surface area (Å²) in [5.41, 5.74) is -2.51. The first-order valence-electron chi connectivity index (χ1n) is 22.2. The highest BCUT2D eigenvalue weighted by molar-refractivity contribution is 6.98. The van der Waals surface area contributed by atoms with Crippen molar-refractivity contribution in [1.82, 2.24) is 0 Å². The molecule has 7 aromatic rings. The maximum atomic E-state index is 10.0. The molecular weight excluding hydrogens is 559 g/mol. The molecular formula is C43H25BO2. The summed E-state index contributed by atoms with van der Waals surface area (Å²) in [6, 6.07) is 8.18.